The number of piperazine rings is 1. The Balaban J connectivity index is 0.00000523. The Morgan fingerprint density at radius 3 is 2.27 bits per heavy atom. The maximum atomic E-state index is 13.0. The summed E-state index contributed by atoms with van der Waals surface area (Å²) in [4.78, 5) is 21.7. The molecule has 0 aliphatic carbocycles. The van der Waals surface area contributed by atoms with Crippen molar-refractivity contribution >= 4 is 47.6 Å². The number of hydrogen-bond donors (Lipinski definition) is 0. The van der Waals surface area contributed by atoms with E-state index in [1.165, 1.54) is 16.7 Å². The van der Waals surface area contributed by atoms with Crippen LogP contribution in [0.25, 0.3) is 6.08 Å². The number of pyridine rings is 1. The third-order valence-electron chi connectivity index (χ3n) is 8.76. The Kier molecular flexibility index (Phi) is 14.0. The second kappa shape index (κ2) is 18.8. The van der Waals surface area contributed by atoms with Gasteiger partial charge in [0.1, 0.15) is 23.9 Å². The molecule has 52 heavy (non-hydrogen) atoms. The lowest BCUT2D eigenvalue weighted by molar-refractivity contribution is -0.127. The number of aryl methyl sites for hydroxylation is 2. The van der Waals surface area contributed by atoms with Crippen molar-refractivity contribution in [2.45, 2.75) is 33.4 Å². The number of benzene rings is 4. The summed E-state index contributed by atoms with van der Waals surface area (Å²) in [6, 6.07) is 31.7. The molecule has 0 bridgehead atoms. The molecular weight excluding hydrogens is 717 g/mol. The molecule has 0 unspecified atom stereocenters. The molecule has 270 valence electrons. The lowest BCUT2D eigenvalue weighted by Gasteiger charge is -2.34. The number of amides is 1. The van der Waals surface area contributed by atoms with Gasteiger partial charge in [0.25, 0.3) is 0 Å². The van der Waals surface area contributed by atoms with E-state index in [1.54, 1.807) is 30.5 Å². The molecule has 5 aromatic rings. The molecule has 1 aliphatic heterocycles. The quantitative estimate of drug-likeness (QED) is 0.112. The summed E-state index contributed by atoms with van der Waals surface area (Å²) in [7, 11) is 0. The van der Waals surface area contributed by atoms with E-state index in [0.29, 0.717) is 47.1 Å². The maximum Gasteiger partial charge on any atom is 0.246 e. The van der Waals surface area contributed by atoms with Gasteiger partial charge in [-0.25, -0.2) is 4.98 Å². The molecule has 1 saturated heterocycles. The number of rotatable bonds is 13. The highest BCUT2D eigenvalue weighted by molar-refractivity contribution is 6.42. The number of ether oxygens (including phenoxy) is 3. The van der Waals surface area contributed by atoms with Crippen LogP contribution in [0.15, 0.2) is 109 Å². The van der Waals surface area contributed by atoms with E-state index in [9.17, 15) is 4.79 Å². The van der Waals surface area contributed by atoms with Gasteiger partial charge in [-0.05, 0) is 78.6 Å². The van der Waals surface area contributed by atoms with Crippen molar-refractivity contribution < 1.29 is 19.0 Å². The Bertz CT molecular complexity index is 1940. The number of hydrogen-bond acceptors (Lipinski definition) is 6. The van der Waals surface area contributed by atoms with Crippen molar-refractivity contribution in [3.8, 4) is 23.1 Å². The number of carbonyl (C=O) groups excluding carboxylic acids is 1. The minimum Gasteiger partial charge on any atom is -0.493 e. The first-order valence-corrected chi connectivity index (χ1v) is 17.8. The SMILES string of the molecule is Cc1ccc(OCCc2ccc(CN3CCN(C(=O)C=Cc4ccc(Oc5ccc(OCc6cccc(Cl)c6Cl)cn5)c(C)c4)CC3)cc2)cc1.Cl. The van der Waals surface area contributed by atoms with Crippen molar-refractivity contribution in [1.29, 1.82) is 0 Å². The van der Waals surface area contributed by atoms with Crippen LogP contribution in [0, 0.1) is 13.8 Å². The van der Waals surface area contributed by atoms with Crippen LogP contribution in [-0.2, 0) is 24.4 Å². The summed E-state index contributed by atoms with van der Waals surface area (Å²) in [6.45, 7) is 8.93. The first-order valence-electron chi connectivity index (χ1n) is 17.1. The summed E-state index contributed by atoms with van der Waals surface area (Å²) in [6.07, 6.45) is 5.99. The van der Waals surface area contributed by atoms with E-state index in [0.717, 1.165) is 48.5 Å². The zero-order chi connectivity index (χ0) is 35.6. The lowest BCUT2D eigenvalue weighted by Crippen LogP contribution is -2.47. The monoisotopic (exact) mass is 757 g/mol. The predicted molar refractivity (Wildman–Crippen MR) is 211 cm³/mol. The molecule has 1 amide bonds. The van der Waals surface area contributed by atoms with Crippen LogP contribution in [0.1, 0.15) is 33.4 Å². The van der Waals surface area contributed by atoms with E-state index < -0.39 is 0 Å². The van der Waals surface area contributed by atoms with E-state index in [2.05, 4.69) is 53.2 Å². The molecule has 0 radical (unpaired) electrons. The second-order valence-corrected chi connectivity index (χ2v) is 13.4. The van der Waals surface area contributed by atoms with Crippen LogP contribution in [-0.4, -0.2) is 53.5 Å². The van der Waals surface area contributed by atoms with E-state index in [4.69, 9.17) is 37.4 Å². The zero-order valence-electron chi connectivity index (χ0n) is 29.3. The molecule has 1 aliphatic rings. The van der Waals surface area contributed by atoms with Gasteiger partial charge in [-0.3, -0.25) is 9.69 Å². The normalized spacial score (nSPS) is 13.1. The maximum absolute atomic E-state index is 13.0. The van der Waals surface area contributed by atoms with Crippen LogP contribution in [0.3, 0.4) is 0 Å². The van der Waals surface area contributed by atoms with Gasteiger partial charge in [0.2, 0.25) is 11.8 Å². The highest BCUT2D eigenvalue weighted by atomic mass is 35.5. The molecule has 0 N–H and O–H groups in total. The van der Waals surface area contributed by atoms with E-state index in [-0.39, 0.29) is 24.9 Å². The van der Waals surface area contributed by atoms with Crippen molar-refractivity contribution in [2.24, 2.45) is 0 Å². The van der Waals surface area contributed by atoms with Gasteiger partial charge in [-0.15, -0.1) is 12.4 Å². The summed E-state index contributed by atoms with van der Waals surface area (Å²) < 4.78 is 17.7. The van der Waals surface area contributed by atoms with Gasteiger partial charge in [0, 0.05) is 56.9 Å². The number of nitrogens with zero attached hydrogens (tertiary/aromatic N) is 3. The third-order valence-corrected chi connectivity index (χ3v) is 9.62. The molecule has 0 spiro atoms. The Hall–Kier alpha value is -4.53. The summed E-state index contributed by atoms with van der Waals surface area (Å²) >= 11 is 12.3. The zero-order valence-corrected chi connectivity index (χ0v) is 31.6. The minimum atomic E-state index is 0. The van der Waals surface area contributed by atoms with Crippen molar-refractivity contribution in [2.75, 3.05) is 32.8 Å². The number of carbonyl (C=O) groups is 1. The van der Waals surface area contributed by atoms with Crippen LogP contribution in [0.2, 0.25) is 10.0 Å². The highest BCUT2D eigenvalue weighted by Crippen LogP contribution is 2.28. The average molecular weight is 759 g/mol. The third kappa shape index (κ3) is 11.0. The number of aromatic nitrogens is 1. The van der Waals surface area contributed by atoms with E-state index in [1.807, 2.05) is 60.4 Å². The van der Waals surface area contributed by atoms with Crippen LogP contribution >= 0.6 is 35.6 Å². The largest absolute Gasteiger partial charge is 0.493 e. The summed E-state index contributed by atoms with van der Waals surface area (Å²) in [5.74, 6) is 2.64. The topological polar surface area (TPSA) is 64.1 Å². The molecule has 2 heterocycles. The van der Waals surface area contributed by atoms with Crippen molar-refractivity contribution in [1.82, 2.24) is 14.8 Å². The molecular formula is C42H42Cl3N3O4. The molecule has 1 fully saturated rings. The Morgan fingerprint density at radius 2 is 1.56 bits per heavy atom. The Morgan fingerprint density at radius 1 is 0.827 bits per heavy atom. The predicted octanol–water partition coefficient (Wildman–Crippen LogP) is 9.78. The Labute approximate surface area is 322 Å². The molecule has 10 heteroatoms. The lowest BCUT2D eigenvalue weighted by atomic mass is 10.1. The molecule has 7 nitrogen and oxygen atoms in total. The van der Waals surface area contributed by atoms with Gasteiger partial charge in [-0.2, -0.15) is 0 Å². The summed E-state index contributed by atoms with van der Waals surface area (Å²) in [5, 5.41) is 0.970. The van der Waals surface area contributed by atoms with Gasteiger partial charge >= 0.3 is 0 Å². The molecule has 1 aromatic heterocycles. The average Bonchev–Trinajstić information content (AvgIpc) is 3.14. The molecule has 0 saturated carbocycles. The van der Waals surface area contributed by atoms with Gasteiger partial charge in [-0.1, -0.05) is 83.4 Å². The van der Waals surface area contributed by atoms with Crippen LogP contribution in [0.5, 0.6) is 23.1 Å². The first-order chi connectivity index (χ1) is 24.8. The van der Waals surface area contributed by atoms with Crippen molar-refractivity contribution in [3.63, 3.8) is 0 Å². The van der Waals surface area contributed by atoms with Gasteiger partial charge in [0.15, 0.2) is 0 Å². The minimum absolute atomic E-state index is 0. The van der Waals surface area contributed by atoms with Crippen LogP contribution in [0.4, 0.5) is 0 Å². The molecule has 0 atom stereocenters. The standard InChI is InChI=1S/C42H41Cl2N3O4.ClH/c1-30-6-14-36(15-7-30)49-25-20-32-8-10-34(11-9-32)28-46-21-23-47(24-22-46)41(48)19-13-33-12-17-39(31(2)26-33)51-40-18-16-37(27-45-40)50-29-35-4-3-5-38(43)42(35)44;/h3-19,26-27H,20-25,28-29H2,1-2H3;1H. The highest BCUT2D eigenvalue weighted by Gasteiger charge is 2.20. The van der Waals surface area contributed by atoms with E-state index >= 15 is 0 Å². The fourth-order valence-corrected chi connectivity index (χ4v) is 6.10. The smallest absolute Gasteiger partial charge is 0.246 e. The second-order valence-electron chi connectivity index (χ2n) is 12.6. The molecule has 4 aromatic carbocycles. The van der Waals surface area contributed by atoms with Crippen LogP contribution < -0.4 is 14.2 Å². The number of halogens is 3. The van der Waals surface area contributed by atoms with Gasteiger partial charge < -0.3 is 19.1 Å². The fraction of sp³-hybridized carbons (Fsp3) is 0.238. The fourth-order valence-electron chi connectivity index (χ4n) is 5.73. The molecule has 6 rings (SSSR count). The first kappa shape index (κ1) is 38.7. The van der Waals surface area contributed by atoms with Crippen molar-refractivity contribution in [3.05, 3.63) is 153 Å². The summed E-state index contributed by atoms with van der Waals surface area (Å²) in [5.41, 5.74) is 6.41. The van der Waals surface area contributed by atoms with Gasteiger partial charge in [0.05, 0.1) is 22.8 Å².